The van der Waals surface area contributed by atoms with Gasteiger partial charge >= 0.3 is 0 Å². The lowest BCUT2D eigenvalue weighted by Gasteiger charge is -2.22. The first-order valence-corrected chi connectivity index (χ1v) is 14.6. The predicted molar refractivity (Wildman–Crippen MR) is 182 cm³/mol. The fourth-order valence-electron chi connectivity index (χ4n) is 3.37. The number of allylic oxidation sites excluding steroid dienone is 4. The van der Waals surface area contributed by atoms with Crippen LogP contribution in [-0.2, 0) is 14.4 Å². The van der Waals surface area contributed by atoms with Crippen molar-refractivity contribution < 1.29 is 29.0 Å². The SMILES string of the molecule is C=C(O)CC.C=C/C=C(C(=O)NNC(=O)C(Nc1ccc(C(=N)N)cc1)c1ccc(OCC(=O)N(C)C)c(OCC)c1)\C(Cl)=C/C. The van der Waals surface area contributed by atoms with Crippen molar-refractivity contribution in [2.45, 2.75) is 33.2 Å². The number of aliphatic hydroxyl groups excluding tert-OH is 1. The van der Waals surface area contributed by atoms with Crippen molar-refractivity contribution in [3.05, 3.63) is 101 Å². The minimum absolute atomic E-state index is 0.0959. The summed E-state index contributed by atoms with van der Waals surface area (Å²) in [7, 11) is 3.25. The number of hydrogen-bond donors (Lipinski definition) is 6. The van der Waals surface area contributed by atoms with E-state index in [1.54, 1.807) is 76.5 Å². The molecule has 2 aromatic rings. The maximum atomic E-state index is 13.4. The lowest BCUT2D eigenvalue weighted by Crippen LogP contribution is -2.46. The van der Waals surface area contributed by atoms with Crippen LogP contribution in [0.15, 0.2) is 90.2 Å². The van der Waals surface area contributed by atoms with Crippen LogP contribution in [0.2, 0.25) is 0 Å². The number of nitrogens with two attached hydrogens (primary N) is 1. The van der Waals surface area contributed by atoms with Gasteiger partial charge in [0.25, 0.3) is 17.7 Å². The number of likely N-dealkylation sites (N-methyl/N-ethyl adjacent to an activating group) is 1. The van der Waals surface area contributed by atoms with Crippen molar-refractivity contribution in [3.8, 4) is 11.5 Å². The normalized spacial score (nSPS) is 11.5. The van der Waals surface area contributed by atoms with Gasteiger partial charge in [0.2, 0.25) is 0 Å². The molecule has 0 aliphatic rings. The van der Waals surface area contributed by atoms with Gasteiger partial charge in [0.05, 0.1) is 17.9 Å². The number of benzene rings is 2. The molecule has 248 valence electrons. The Labute approximate surface area is 275 Å². The summed E-state index contributed by atoms with van der Waals surface area (Å²) in [4.78, 5) is 39.6. The fraction of sp³-hybridized carbons (Fsp3) is 0.273. The number of hydrazine groups is 1. The van der Waals surface area contributed by atoms with Gasteiger partial charge in [0.1, 0.15) is 11.9 Å². The quantitative estimate of drug-likeness (QED) is 0.0417. The Hall–Kier alpha value is -5.23. The molecule has 2 aromatic carbocycles. The van der Waals surface area contributed by atoms with Crippen LogP contribution in [0.1, 0.15) is 44.4 Å². The summed E-state index contributed by atoms with van der Waals surface area (Å²) in [6, 6.07) is 10.4. The van der Waals surface area contributed by atoms with E-state index in [0.29, 0.717) is 41.3 Å². The van der Waals surface area contributed by atoms with Gasteiger partial charge in [0, 0.05) is 36.8 Å². The zero-order valence-corrected chi connectivity index (χ0v) is 27.5. The Morgan fingerprint density at radius 3 is 2.22 bits per heavy atom. The number of hydrogen-bond acceptors (Lipinski definition) is 8. The highest BCUT2D eigenvalue weighted by Gasteiger charge is 2.24. The minimum atomic E-state index is -1.03. The van der Waals surface area contributed by atoms with Crippen LogP contribution >= 0.6 is 11.6 Å². The average Bonchev–Trinajstić information content (AvgIpc) is 3.04. The van der Waals surface area contributed by atoms with Crippen molar-refractivity contribution in [2.75, 3.05) is 32.6 Å². The Kier molecular flexibility index (Phi) is 16.8. The Morgan fingerprint density at radius 2 is 1.72 bits per heavy atom. The third-order valence-corrected chi connectivity index (χ3v) is 6.39. The number of ether oxygens (including phenoxy) is 2. The van der Waals surface area contributed by atoms with E-state index in [-0.39, 0.29) is 34.7 Å². The molecular formula is C33H43ClN6O6. The largest absolute Gasteiger partial charge is 0.513 e. The van der Waals surface area contributed by atoms with Gasteiger partial charge in [-0.05, 0) is 61.9 Å². The van der Waals surface area contributed by atoms with E-state index in [1.807, 2.05) is 6.92 Å². The van der Waals surface area contributed by atoms with Gasteiger partial charge in [-0.25, -0.2) is 0 Å². The van der Waals surface area contributed by atoms with E-state index in [1.165, 1.54) is 17.1 Å². The first-order valence-electron chi connectivity index (χ1n) is 14.2. The summed E-state index contributed by atoms with van der Waals surface area (Å²) in [5, 5.41) is 19.1. The van der Waals surface area contributed by atoms with Gasteiger partial charge < -0.3 is 30.5 Å². The van der Waals surface area contributed by atoms with Gasteiger partial charge in [-0.1, -0.05) is 49.9 Å². The topological polar surface area (TPSA) is 179 Å². The number of amidine groups is 1. The second kappa shape index (κ2) is 19.9. The van der Waals surface area contributed by atoms with Gasteiger partial charge in [-0.2, -0.15) is 0 Å². The van der Waals surface area contributed by atoms with Gasteiger partial charge in [0.15, 0.2) is 18.1 Å². The predicted octanol–water partition coefficient (Wildman–Crippen LogP) is 4.86. The molecule has 0 bridgehead atoms. The number of halogens is 1. The number of nitrogens with zero attached hydrogens (tertiary/aromatic N) is 1. The van der Waals surface area contributed by atoms with Crippen LogP contribution < -0.4 is 31.4 Å². The molecule has 3 amide bonds. The van der Waals surface area contributed by atoms with E-state index < -0.39 is 17.9 Å². The molecule has 7 N–H and O–H groups in total. The third-order valence-electron chi connectivity index (χ3n) is 5.97. The van der Waals surface area contributed by atoms with Crippen LogP contribution in [0.3, 0.4) is 0 Å². The molecule has 0 fully saturated rings. The highest BCUT2D eigenvalue weighted by molar-refractivity contribution is 6.35. The summed E-state index contributed by atoms with van der Waals surface area (Å²) in [5.41, 5.74) is 12.0. The Bertz CT molecular complexity index is 1450. The van der Waals surface area contributed by atoms with Gasteiger partial charge in [-0.15, -0.1) is 0 Å². The smallest absolute Gasteiger partial charge is 0.271 e. The second-order valence-electron chi connectivity index (χ2n) is 9.60. The molecule has 0 aromatic heterocycles. The lowest BCUT2D eigenvalue weighted by molar-refractivity contribution is -0.130. The van der Waals surface area contributed by atoms with Crippen molar-refractivity contribution in [3.63, 3.8) is 0 Å². The molecule has 0 aliphatic carbocycles. The molecule has 0 saturated heterocycles. The molecule has 1 unspecified atom stereocenters. The molecule has 1 atom stereocenters. The molecule has 46 heavy (non-hydrogen) atoms. The van der Waals surface area contributed by atoms with E-state index in [2.05, 4.69) is 29.3 Å². The summed E-state index contributed by atoms with van der Waals surface area (Å²) < 4.78 is 11.4. The van der Waals surface area contributed by atoms with Crippen LogP contribution in [0, 0.1) is 5.41 Å². The standard InChI is InChI=1S/C29H35ClN6O5.C4H8O/c1-6-9-21(22(30)7-2)28(38)34-35-29(39)26(33-20-13-10-18(11-14-20)27(31)32)19-12-15-23(24(16-19)40-8-3)41-17-25(37)36(4)5;1-3-4(2)5/h6-7,9-16,26,33H,1,8,17H2,2-5H3,(H3,31,32)(H,34,38)(H,35,39);5H,2-3H2,1H3/b21-9+,22-7+;. The lowest BCUT2D eigenvalue weighted by atomic mass is 10.0. The van der Waals surface area contributed by atoms with Crippen LogP contribution in [0.25, 0.3) is 0 Å². The number of nitrogens with one attached hydrogen (secondary N) is 4. The van der Waals surface area contributed by atoms with Crippen LogP contribution in [0.4, 0.5) is 5.69 Å². The van der Waals surface area contributed by atoms with E-state index in [9.17, 15) is 14.4 Å². The van der Waals surface area contributed by atoms with E-state index >= 15 is 0 Å². The number of rotatable bonds is 14. The highest BCUT2D eigenvalue weighted by atomic mass is 35.5. The van der Waals surface area contributed by atoms with Gasteiger partial charge in [-0.3, -0.25) is 30.6 Å². The van der Waals surface area contributed by atoms with Crippen molar-refractivity contribution >= 4 is 40.8 Å². The maximum Gasteiger partial charge on any atom is 0.271 e. The van der Waals surface area contributed by atoms with Crippen LogP contribution in [0.5, 0.6) is 11.5 Å². The molecule has 0 aliphatic heterocycles. The van der Waals surface area contributed by atoms with Crippen molar-refractivity contribution in [2.24, 2.45) is 5.73 Å². The van der Waals surface area contributed by atoms with Crippen LogP contribution in [-0.4, -0.2) is 60.9 Å². The summed E-state index contributed by atoms with van der Waals surface area (Å²) >= 11 is 6.13. The average molecular weight is 655 g/mol. The molecule has 0 radical (unpaired) electrons. The third kappa shape index (κ3) is 12.8. The highest BCUT2D eigenvalue weighted by Crippen LogP contribution is 2.32. The van der Waals surface area contributed by atoms with E-state index in [0.717, 1.165) is 0 Å². The zero-order valence-electron chi connectivity index (χ0n) is 26.8. The number of aliphatic hydroxyl groups is 1. The molecule has 2 rings (SSSR count). The minimum Gasteiger partial charge on any atom is -0.513 e. The number of nitrogen functional groups attached to an aromatic ring is 1. The number of carbonyl (C=O) groups excluding carboxylic acids is 3. The first kappa shape index (κ1) is 38.8. The number of carbonyl (C=O) groups is 3. The maximum absolute atomic E-state index is 13.4. The summed E-state index contributed by atoms with van der Waals surface area (Å²) in [5.74, 6) is -0.681. The zero-order chi connectivity index (χ0) is 34.8. The first-order chi connectivity index (χ1) is 21.8. The Balaban J connectivity index is 0.00000195. The molecule has 0 saturated carbocycles. The monoisotopic (exact) mass is 654 g/mol. The molecular weight excluding hydrogens is 612 g/mol. The van der Waals surface area contributed by atoms with E-state index in [4.69, 9.17) is 37.3 Å². The molecule has 0 spiro atoms. The molecule has 12 nitrogen and oxygen atoms in total. The second-order valence-corrected chi connectivity index (χ2v) is 10.0. The fourth-order valence-corrected chi connectivity index (χ4v) is 3.52. The summed E-state index contributed by atoms with van der Waals surface area (Å²) in [6.07, 6.45) is 5.03. The molecule has 0 heterocycles. The number of amides is 3. The Morgan fingerprint density at radius 1 is 1.09 bits per heavy atom. The summed E-state index contributed by atoms with van der Waals surface area (Å²) in [6.45, 7) is 12.2. The number of anilines is 1. The van der Waals surface area contributed by atoms with Crippen molar-refractivity contribution in [1.29, 1.82) is 5.41 Å². The molecule has 13 heteroatoms. The van der Waals surface area contributed by atoms with Crippen molar-refractivity contribution in [1.82, 2.24) is 15.8 Å².